The molecule has 1 aliphatic carbocycles. The van der Waals surface area contributed by atoms with Crippen molar-refractivity contribution in [2.75, 3.05) is 19.3 Å². The molecule has 2 saturated heterocycles. The van der Waals surface area contributed by atoms with Gasteiger partial charge in [-0.3, -0.25) is 19.2 Å². The van der Waals surface area contributed by atoms with E-state index in [1.807, 2.05) is 0 Å². The van der Waals surface area contributed by atoms with Gasteiger partial charge in [0.2, 0.25) is 38.6 Å². The second-order valence-corrected chi connectivity index (χ2v) is 14.2. The van der Waals surface area contributed by atoms with Crippen LogP contribution in [0.2, 0.25) is 0 Å². The monoisotopic (exact) mass is 632 g/mol. The zero-order valence-electron chi connectivity index (χ0n) is 23.4. The van der Waals surface area contributed by atoms with Crippen molar-refractivity contribution in [2.45, 2.75) is 76.7 Å². The Balaban J connectivity index is 1.97. The van der Waals surface area contributed by atoms with Gasteiger partial charge < -0.3 is 20.9 Å². The van der Waals surface area contributed by atoms with Crippen molar-refractivity contribution >= 4 is 33.5 Å². The Bertz CT molecular complexity index is 1250. The number of amides is 4. The Morgan fingerprint density at radius 3 is 2.26 bits per heavy atom. The maximum Gasteiger partial charge on any atom is 0.471 e. The SMILES string of the molecule is CC(C)(C)[C@@H](NC(=O)C(F)(F)F)C(=O)N1C[C@@H]2CC(F)(F)C[C@@H]2[C@@H]1C(=O)N[C@H](/C=C(/F)S(C)(=O)=O)C[C@H]1CCNC1=O. The number of hydrogen-bond donors (Lipinski definition) is 3. The predicted octanol–water partition coefficient (Wildman–Crippen LogP) is 1.82. The molecule has 0 bridgehead atoms. The summed E-state index contributed by atoms with van der Waals surface area (Å²) in [5.74, 6) is -11.0. The fourth-order valence-corrected chi connectivity index (χ4v) is 6.19. The van der Waals surface area contributed by atoms with Gasteiger partial charge in [-0.05, 0) is 36.2 Å². The lowest BCUT2D eigenvalue weighted by molar-refractivity contribution is -0.176. The summed E-state index contributed by atoms with van der Waals surface area (Å²) in [5, 5.41) is 4.95. The Labute approximate surface area is 238 Å². The third-order valence-corrected chi connectivity index (χ3v) is 8.63. The number of alkyl halides is 5. The first-order valence-corrected chi connectivity index (χ1v) is 15.1. The lowest BCUT2D eigenvalue weighted by Gasteiger charge is -2.37. The zero-order valence-corrected chi connectivity index (χ0v) is 24.2. The molecule has 238 valence electrons. The molecule has 0 unspecified atom stereocenters. The quantitative estimate of drug-likeness (QED) is 0.349. The Morgan fingerprint density at radius 2 is 1.76 bits per heavy atom. The van der Waals surface area contributed by atoms with E-state index in [-0.39, 0.29) is 19.4 Å². The summed E-state index contributed by atoms with van der Waals surface area (Å²) in [6.07, 6.45) is -5.67. The van der Waals surface area contributed by atoms with Gasteiger partial charge >= 0.3 is 12.1 Å². The molecule has 42 heavy (non-hydrogen) atoms. The van der Waals surface area contributed by atoms with Crippen molar-refractivity contribution in [3.63, 3.8) is 0 Å². The van der Waals surface area contributed by atoms with Crippen LogP contribution in [0, 0.1) is 23.2 Å². The molecule has 17 heteroatoms. The van der Waals surface area contributed by atoms with E-state index >= 15 is 0 Å². The highest BCUT2D eigenvalue weighted by Gasteiger charge is 2.59. The van der Waals surface area contributed by atoms with Crippen LogP contribution in [0.1, 0.15) is 46.5 Å². The highest BCUT2D eigenvalue weighted by atomic mass is 32.2. The number of carbonyl (C=O) groups excluding carboxylic acids is 4. The first-order valence-electron chi connectivity index (χ1n) is 13.2. The first-order chi connectivity index (χ1) is 19.0. The molecule has 3 rings (SSSR count). The van der Waals surface area contributed by atoms with E-state index in [1.165, 1.54) is 20.8 Å². The Hall–Kier alpha value is -2.85. The molecule has 2 aliphatic heterocycles. The van der Waals surface area contributed by atoms with E-state index in [4.69, 9.17) is 0 Å². The number of fused-ring (bicyclic) bond motifs is 1. The van der Waals surface area contributed by atoms with Gasteiger partial charge in [-0.25, -0.2) is 17.2 Å². The number of carbonyl (C=O) groups is 4. The third kappa shape index (κ3) is 7.75. The van der Waals surface area contributed by atoms with Gasteiger partial charge in [-0.15, -0.1) is 0 Å². The lowest BCUT2D eigenvalue weighted by Crippen LogP contribution is -2.60. The predicted molar refractivity (Wildman–Crippen MR) is 136 cm³/mol. The smallest absolute Gasteiger partial charge is 0.356 e. The van der Waals surface area contributed by atoms with Crippen molar-refractivity contribution in [3.8, 4) is 0 Å². The van der Waals surface area contributed by atoms with E-state index < -0.39 is 111 Å². The summed E-state index contributed by atoms with van der Waals surface area (Å²) in [7, 11) is -4.36. The molecule has 2 heterocycles. The van der Waals surface area contributed by atoms with Crippen LogP contribution in [-0.2, 0) is 29.0 Å². The summed E-state index contributed by atoms with van der Waals surface area (Å²) in [6, 6.07) is -4.87. The number of nitrogens with one attached hydrogen (secondary N) is 3. The van der Waals surface area contributed by atoms with Crippen molar-refractivity contribution in [1.29, 1.82) is 0 Å². The number of hydrogen-bond acceptors (Lipinski definition) is 6. The molecule has 6 atom stereocenters. The van der Waals surface area contributed by atoms with Crippen molar-refractivity contribution in [3.05, 3.63) is 11.2 Å². The van der Waals surface area contributed by atoms with Crippen LogP contribution in [0.15, 0.2) is 11.2 Å². The maximum atomic E-state index is 14.5. The number of rotatable bonds is 8. The van der Waals surface area contributed by atoms with Crippen LogP contribution in [0.5, 0.6) is 0 Å². The fraction of sp³-hybridized carbons (Fsp3) is 0.760. The van der Waals surface area contributed by atoms with Gasteiger partial charge in [0.15, 0.2) is 0 Å². The molecule has 1 saturated carbocycles. The van der Waals surface area contributed by atoms with Gasteiger partial charge in [0.1, 0.15) is 12.1 Å². The van der Waals surface area contributed by atoms with Crippen LogP contribution in [0.4, 0.5) is 26.3 Å². The summed E-state index contributed by atoms with van der Waals surface area (Å²) in [4.78, 5) is 52.0. The van der Waals surface area contributed by atoms with Crippen LogP contribution in [0.25, 0.3) is 0 Å². The van der Waals surface area contributed by atoms with E-state index in [2.05, 4.69) is 10.6 Å². The summed E-state index contributed by atoms with van der Waals surface area (Å²) >= 11 is 0. The Kier molecular flexibility index (Phi) is 9.36. The highest BCUT2D eigenvalue weighted by Crippen LogP contribution is 2.50. The van der Waals surface area contributed by atoms with Crippen LogP contribution in [-0.4, -0.2) is 86.5 Å². The van der Waals surface area contributed by atoms with Crippen molar-refractivity contribution < 1.29 is 53.9 Å². The lowest BCUT2D eigenvalue weighted by atomic mass is 9.85. The second kappa shape index (κ2) is 11.7. The van der Waals surface area contributed by atoms with Crippen LogP contribution >= 0.6 is 0 Å². The molecule has 0 aromatic rings. The topological polar surface area (TPSA) is 142 Å². The molecular formula is C25H34F6N4O6S. The highest BCUT2D eigenvalue weighted by molar-refractivity contribution is 7.94. The minimum Gasteiger partial charge on any atom is -0.356 e. The molecule has 0 spiro atoms. The van der Waals surface area contributed by atoms with Crippen LogP contribution in [0.3, 0.4) is 0 Å². The maximum absolute atomic E-state index is 14.5. The van der Waals surface area contributed by atoms with E-state index in [1.54, 1.807) is 5.32 Å². The average molecular weight is 633 g/mol. The van der Waals surface area contributed by atoms with Gasteiger partial charge in [0, 0.05) is 38.1 Å². The second-order valence-electron chi connectivity index (χ2n) is 12.3. The molecule has 4 amide bonds. The summed E-state index contributed by atoms with van der Waals surface area (Å²) in [5.41, 5.74) is -1.31. The van der Waals surface area contributed by atoms with Crippen molar-refractivity contribution in [2.24, 2.45) is 23.2 Å². The number of nitrogens with zero attached hydrogens (tertiary/aromatic N) is 1. The molecular weight excluding hydrogens is 598 g/mol. The molecule has 0 aromatic heterocycles. The molecule has 0 aromatic carbocycles. The largest absolute Gasteiger partial charge is 0.471 e. The average Bonchev–Trinajstić information content (AvgIpc) is 3.45. The number of sulfone groups is 1. The molecule has 3 N–H and O–H groups in total. The summed E-state index contributed by atoms with van der Waals surface area (Å²) < 4.78 is 106. The minimum absolute atomic E-state index is 0.252. The number of halogens is 6. The zero-order chi connectivity index (χ0) is 32.0. The van der Waals surface area contributed by atoms with Gasteiger partial charge in [-0.1, -0.05) is 20.8 Å². The summed E-state index contributed by atoms with van der Waals surface area (Å²) in [6.45, 7) is 3.97. The van der Waals surface area contributed by atoms with Gasteiger partial charge in [-0.2, -0.15) is 17.6 Å². The van der Waals surface area contributed by atoms with Gasteiger partial charge in [0.05, 0.1) is 6.04 Å². The number of likely N-dealkylation sites (tertiary alicyclic amines) is 1. The van der Waals surface area contributed by atoms with E-state index in [0.717, 1.165) is 4.90 Å². The minimum atomic E-state index is -5.33. The Morgan fingerprint density at radius 1 is 1.14 bits per heavy atom. The first kappa shape index (κ1) is 33.6. The third-order valence-electron chi connectivity index (χ3n) is 7.79. The molecule has 3 fully saturated rings. The standard InChI is InChI=1S/C25H34F6N4O6S/c1-23(2,3)18(34-22(39)25(29,30)31)21(38)35-11-13-9-24(27,28)10-15(13)17(35)20(37)33-14(8-16(26)42(4,40)41)7-12-5-6-32-19(12)36/h8,12-15,17-18H,5-7,9-11H2,1-4H3,(H,32,36)(H,33,37)(H,34,39)/b16-8-/t12-,13+,14+,15+,17-,18+/m1/s1. The van der Waals surface area contributed by atoms with Crippen molar-refractivity contribution in [1.82, 2.24) is 20.9 Å². The van der Waals surface area contributed by atoms with E-state index in [9.17, 15) is 53.9 Å². The molecule has 3 aliphatic rings. The molecule has 0 radical (unpaired) electrons. The molecule has 10 nitrogen and oxygen atoms in total. The van der Waals surface area contributed by atoms with Gasteiger partial charge in [0.25, 0.3) is 0 Å². The van der Waals surface area contributed by atoms with Crippen LogP contribution < -0.4 is 16.0 Å². The fourth-order valence-electron chi connectivity index (χ4n) is 5.78. The van der Waals surface area contributed by atoms with E-state index in [0.29, 0.717) is 12.3 Å². The normalized spacial score (nSPS) is 27.7.